The van der Waals surface area contributed by atoms with Crippen molar-refractivity contribution in [2.24, 2.45) is 0 Å². The number of imidazole rings is 1. The summed E-state index contributed by atoms with van der Waals surface area (Å²) in [5, 5.41) is 0.731. The SMILES string of the molecule is Cc1cn2cc(Cc3ccc(N4CCC4C)nc3)cc(-c3cccc(Cl)c3)c2n1. The zero-order valence-corrected chi connectivity index (χ0v) is 17.4. The van der Waals surface area contributed by atoms with E-state index >= 15 is 0 Å². The van der Waals surface area contributed by atoms with Crippen LogP contribution in [0.3, 0.4) is 0 Å². The van der Waals surface area contributed by atoms with Crippen LogP contribution in [0.1, 0.15) is 30.2 Å². The minimum atomic E-state index is 0.598. The second-order valence-electron chi connectivity index (χ2n) is 7.92. The first-order chi connectivity index (χ1) is 14.1. The summed E-state index contributed by atoms with van der Waals surface area (Å²) >= 11 is 6.25. The summed E-state index contributed by atoms with van der Waals surface area (Å²) < 4.78 is 2.12. The fourth-order valence-electron chi connectivity index (χ4n) is 4.03. The molecule has 1 aromatic carbocycles. The number of nitrogens with zero attached hydrogens (tertiary/aromatic N) is 4. The van der Waals surface area contributed by atoms with E-state index < -0.39 is 0 Å². The first-order valence-corrected chi connectivity index (χ1v) is 10.4. The lowest BCUT2D eigenvalue weighted by molar-refractivity contribution is 0.476. The second-order valence-corrected chi connectivity index (χ2v) is 8.35. The number of hydrogen-bond acceptors (Lipinski definition) is 3. The number of benzene rings is 1. The third-order valence-electron chi connectivity index (χ3n) is 5.70. The number of pyridine rings is 2. The molecule has 1 saturated heterocycles. The molecule has 0 spiro atoms. The molecule has 1 fully saturated rings. The number of aryl methyl sites for hydroxylation is 1. The number of halogens is 1. The van der Waals surface area contributed by atoms with Crippen LogP contribution in [-0.2, 0) is 6.42 Å². The van der Waals surface area contributed by atoms with Crippen molar-refractivity contribution in [3.05, 3.63) is 82.9 Å². The third-order valence-corrected chi connectivity index (χ3v) is 5.93. The minimum Gasteiger partial charge on any atom is -0.354 e. The molecule has 146 valence electrons. The summed E-state index contributed by atoms with van der Waals surface area (Å²) in [5.41, 5.74) is 6.55. The molecule has 5 rings (SSSR count). The molecule has 1 aliphatic rings. The fraction of sp³-hybridized carbons (Fsp3) is 0.250. The highest BCUT2D eigenvalue weighted by Crippen LogP contribution is 2.29. The van der Waals surface area contributed by atoms with Crippen LogP contribution in [0, 0.1) is 6.92 Å². The van der Waals surface area contributed by atoms with Gasteiger partial charge >= 0.3 is 0 Å². The van der Waals surface area contributed by atoms with Gasteiger partial charge in [-0.05, 0) is 61.2 Å². The Kier molecular flexibility index (Phi) is 4.51. The molecular weight excluding hydrogens is 380 g/mol. The van der Waals surface area contributed by atoms with E-state index in [1.54, 1.807) is 0 Å². The monoisotopic (exact) mass is 402 g/mol. The minimum absolute atomic E-state index is 0.598. The molecule has 0 amide bonds. The third kappa shape index (κ3) is 3.49. The number of rotatable bonds is 4. The molecule has 1 atom stereocenters. The van der Waals surface area contributed by atoms with Gasteiger partial charge in [0.2, 0.25) is 0 Å². The van der Waals surface area contributed by atoms with Gasteiger partial charge < -0.3 is 9.30 Å². The normalized spacial score (nSPS) is 16.2. The summed E-state index contributed by atoms with van der Waals surface area (Å²) in [6, 6.07) is 15.1. The van der Waals surface area contributed by atoms with E-state index in [-0.39, 0.29) is 0 Å². The Morgan fingerprint density at radius 3 is 2.69 bits per heavy atom. The van der Waals surface area contributed by atoms with E-state index in [0.29, 0.717) is 6.04 Å². The molecule has 0 aliphatic carbocycles. The van der Waals surface area contributed by atoms with Gasteiger partial charge in [-0.1, -0.05) is 29.8 Å². The zero-order valence-electron chi connectivity index (χ0n) is 16.6. The molecule has 29 heavy (non-hydrogen) atoms. The molecule has 1 unspecified atom stereocenters. The Morgan fingerprint density at radius 1 is 1.10 bits per heavy atom. The Bertz CT molecular complexity index is 1180. The van der Waals surface area contributed by atoms with Gasteiger partial charge in [0.1, 0.15) is 11.5 Å². The van der Waals surface area contributed by atoms with Gasteiger partial charge in [-0.15, -0.1) is 0 Å². The molecule has 0 saturated carbocycles. The molecule has 4 aromatic rings. The summed E-state index contributed by atoms with van der Waals surface area (Å²) in [5.74, 6) is 1.08. The smallest absolute Gasteiger partial charge is 0.144 e. The van der Waals surface area contributed by atoms with Crippen molar-refractivity contribution in [1.82, 2.24) is 14.4 Å². The van der Waals surface area contributed by atoms with Crippen molar-refractivity contribution in [3.63, 3.8) is 0 Å². The van der Waals surface area contributed by atoms with Gasteiger partial charge in [0.15, 0.2) is 0 Å². The average Bonchev–Trinajstić information content (AvgIpc) is 3.07. The lowest BCUT2D eigenvalue weighted by Crippen LogP contribution is -2.46. The van der Waals surface area contributed by atoms with Gasteiger partial charge in [0.25, 0.3) is 0 Å². The predicted octanol–water partition coefficient (Wildman–Crippen LogP) is 5.55. The van der Waals surface area contributed by atoms with Crippen LogP contribution in [0.15, 0.2) is 61.1 Å². The van der Waals surface area contributed by atoms with Gasteiger partial charge in [0, 0.05) is 48.2 Å². The van der Waals surface area contributed by atoms with Crippen molar-refractivity contribution in [2.45, 2.75) is 32.7 Å². The van der Waals surface area contributed by atoms with Gasteiger partial charge in [0.05, 0.1) is 5.69 Å². The van der Waals surface area contributed by atoms with Crippen LogP contribution in [-0.4, -0.2) is 27.0 Å². The quantitative estimate of drug-likeness (QED) is 0.449. The topological polar surface area (TPSA) is 33.4 Å². The highest BCUT2D eigenvalue weighted by atomic mass is 35.5. The van der Waals surface area contributed by atoms with Crippen molar-refractivity contribution < 1.29 is 0 Å². The van der Waals surface area contributed by atoms with Gasteiger partial charge in [-0.2, -0.15) is 0 Å². The maximum absolute atomic E-state index is 6.25. The van der Waals surface area contributed by atoms with Gasteiger partial charge in [-0.3, -0.25) is 0 Å². The van der Waals surface area contributed by atoms with Crippen molar-refractivity contribution in [3.8, 4) is 11.1 Å². The highest BCUT2D eigenvalue weighted by Gasteiger charge is 2.24. The molecule has 4 nitrogen and oxygen atoms in total. The number of aromatic nitrogens is 3. The molecule has 0 N–H and O–H groups in total. The fourth-order valence-corrected chi connectivity index (χ4v) is 4.22. The second kappa shape index (κ2) is 7.20. The molecular formula is C24H23ClN4. The van der Waals surface area contributed by atoms with Crippen LogP contribution >= 0.6 is 11.6 Å². The Labute approximate surface area is 175 Å². The molecule has 3 aromatic heterocycles. The molecule has 0 radical (unpaired) electrons. The lowest BCUT2D eigenvalue weighted by atomic mass is 10.0. The van der Waals surface area contributed by atoms with Crippen LogP contribution in [0.4, 0.5) is 5.82 Å². The van der Waals surface area contributed by atoms with E-state index in [2.05, 4.69) is 52.9 Å². The van der Waals surface area contributed by atoms with Crippen molar-refractivity contribution in [2.75, 3.05) is 11.4 Å². The number of hydrogen-bond donors (Lipinski definition) is 0. The summed E-state index contributed by atoms with van der Waals surface area (Å²) in [6.07, 6.45) is 8.31. The predicted molar refractivity (Wildman–Crippen MR) is 119 cm³/mol. The number of anilines is 1. The van der Waals surface area contributed by atoms with Crippen LogP contribution in [0.25, 0.3) is 16.8 Å². The first kappa shape index (κ1) is 18.2. The standard InChI is InChI=1S/C24H23ClN4/c1-16-14-28-15-19(10-18-6-7-23(26-13-18)29-9-8-17(29)2)11-22(24(28)27-16)20-4-3-5-21(25)12-20/h3-7,11-15,17H,8-10H2,1-2H3. The van der Waals surface area contributed by atoms with Crippen LogP contribution in [0.5, 0.6) is 0 Å². The average molecular weight is 403 g/mol. The van der Waals surface area contributed by atoms with E-state index in [1.165, 1.54) is 17.5 Å². The zero-order chi connectivity index (χ0) is 20.0. The maximum atomic E-state index is 6.25. The van der Waals surface area contributed by atoms with Crippen molar-refractivity contribution >= 4 is 23.1 Å². The molecule has 0 bridgehead atoms. The molecule has 4 heterocycles. The lowest BCUT2D eigenvalue weighted by Gasteiger charge is -2.39. The van der Waals surface area contributed by atoms with E-state index in [0.717, 1.165) is 46.3 Å². The summed E-state index contributed by atoms with van der Waals surface area (Å²) in [6.45, 7) is 5.37. The first-order valence-electron chi connectivity index (χ1n) is 10.0. The van der Waals surface area contributed by atoms with Gasteiger partial charge in [-0.25, -0.2) is 9.97 Å². The Balaban J connectivity index is 1.50. The Hall–Kier alpha value is -2.85. The molecule has 5 heteroatoms. The van der Waals surface area contributed by atoms with E-state index in [4.69, 9.17) is 21.6 Å². The summed E-state index contributed by atoms with van der Waals surface area (Å²) in [7, 11) is 0. The van der Waals surface area contributed by atoms with E-state index in [1.807, 2.05) is 31.3 Å². The Morgan fingerprint density at radius 2 is 2.00 bits per heavy atom. The van der Waals surface area contributed by atoms with E-state index in [9.17, 15) is 0 Å². The maximum Gasteiger partial charge on any atom is 0.144 e. The van der Waals surface area contributed by atoms with Crippen molar-refractivity contribution in [1.29, 1.82) is 0 Å². The number of fused-ring (bicyclic) bond motifs is 1. The summed E-state index contributed by atoms with van der Waals surface area (Å²) in [4.78, 5) is 11.8. The molecule has 1 aliphatic heterocycles. The van der Waals surface area contributed by atoms with Crippen LogP contribution in [0.2, 0.25) is 5.02 Å². The van der Waals surface area contributed by atoms with Crippen LogP contribution < -0.4 is 4.90 Å². The highest BCUT2D eigenvalue weighted by molar-refractivity contribution is 6.30. The largest absolute Gasteiger partial charge is 0.354 e.